The number of pyridine rings is 1. The number of aromatic nitrogens is 1. The molecule has 4 rings (SSSR count). The first-order valence-corrected chi connectivity index (χ1v) is 12.3. The van der Waals surface area contributed by atoms with Gasteiger partial charge in [0.1, 0.15) is 5.82 Å². The number of benzene rings is 1. The summed E-state index contributed by atoms with van der Waals surface area (Å²) >= 11 is 0. The van der Waals surface area contributed by atoms with Gasteiger partial charge in [0.2, 0.25) is 0 Å². The SMILES string of the molecule is CC(C)(C)N(Cc1cn(C2CCCC2)c2cc(NC3CCCCC3)c(F)cc2c1=O)C(=O)O. The topological polar surface area (TPSA) is 74.6 Å². The Morgan fingerprint density at radius 1 is 1.12 bits per heavy atom. The summed E-state index contributed by atoms with van der Waals surface area (Å²) in [5.74, 6) is -0.425. The lowest BCUT2D eigenvalue weighted by atomic mass is 9.95. The van der Waals surface area contributed by atoms with Gasteiger partial charge in [0, 0.05) is 34.8 Å². The quantitative estimate of drug-likeness (QED) is 0.554. The van der Waals surface area contributed by atoms with Crippen LogP contribution in [0.3, 0.4) is 0 Å². The first-order valence-electron chi connectivity index (χ1n) is 12.3. The van der Waals surface area contributed by atoms with Crippen molar-refractivity contribution in [2.45, 2.75) is 103 Å². The Labute approximate surface area is 194 Å². The van der Waals surface area contributed by atoms with E-state index in [1.54, 1.807) is 26.8 Å². The molecule has 6 nitrogen and oxygen atoms in total. The number of anilines is 1. The van der Waals surface area contributed by atoms with Gasteiger partial charge in [0.15, 0.2) is 5.43 Å². The molecule has 0 atom stereocenters. The van der Waals surface area contributed by atoms with Crippen molar-refractivity contribution in [1.82, 2.24) is 9.47 Å². The van der Waals surface area contributed by atoms with Crippen molar-refractivity contribution in [1.29, 1.82) is 0 Å². The highest BCUT2D eigenvalue weighted by Crippen LogP contribution is 2.34. The van der Waals surface area contributed by atoms with E-state index in [-0.39, 0.29) is 24.1 Å². The highest BCUT2D eigenvalue weighted by Gasteiger charge is 2.29. The molecule has 2 fully saturated rings. The largest absolute Gasteiger partial charge is 0.465 e. The number of hydrogen-bond acceptors (Lipinski definition) is 3. The summed E-state index contributed by atoms with van der Waals surface area (Å²) in [4.78, 5) is 26.6. The molecule has 0 bridgehead atoms. The van der Waals surface area contributed by atoms with Crippen LogP contribution >= 0.6 is 0 Å². The van der Waals surface area contributed by atoms with E-state index < -0.39 is 17.4 Å². The summed E-state index contributed by atoms with van der Waals surface area (Å²) in [6.45, 7) is 5.39. The zero-order chi connectivity index (χ0) is 23.8. The summed E-state index contributed by atoms with van der Waals surface area (Å²) in [6.07, 6.45) is 10.6. The van der Waals surface area contributed by atoms with Crippen molar-refractivity contribution in [3.05, 3.63) is 39.9 Å². The Hall–Kier alpha value is -2.57. The van der Waals surface area contributed by atoms with Crippen molar-refractivity contribution in [2.75, 3.05) is 5.32 Å². The van der Waals surface area contributed by atoms with Crippen molar-refractivity contribution in [3.8, 4) is 0 Å². The monoisotopic (exact) mass is 457 g/mol. The van der Waals surface area contributed by atoms with Crippen LogP contribution in [-0.4, -0.2) is 32.2 Å². The van der Waals surface area contributed by atoms with E-state index in [2.05, 4.69) is 9.88 Å². The third kappa shape index (κ3) is 5.02. The molecule has 0 radical (unpaired) electrons. The zero-order valence-corrected chi connectivity index (χ0v) is 20.0. The molecule has 0 spiro atoms. The molecule has 1 amide bonds. The molecule has 33 heavy (non-hydrogen) atoms. The number of nitrogens with one attached hydrogen (secondary N) is 1. The second-order valence-corrected chi connectivity index (χ2v) is 10.7. The zero-order valence-electron chi connectivity index (χ0n) is 20.0. The highest BCUT2D eigenvalue weighted by atomic mass is 19.1. The Bertz CT molecular complexity index is 1080. The van der Waals surface area contributed by atoms with Crippen molar-refractivity contribution < 1.29 is 14.3 Å². The van der Waals surface area contributed by atoms with Gasteiger partial charge in [-0.05, 0) is 58.6 Å². The fraction of sp³-hybridized carbons (Fsp3) is 0.615. The van der Waals surface area contributed by atoms with Crippen LogP contribution in [-0.2, 0) is 6.54 Å². The lowest BCUT2D eigenvalue weighted by Gasteiger charge is -2.33. The molecule has 180 valence electrons. The van der Waals surface area contributed by atoms with Gasteiger partial charge in [0.25, 0.3) is 0 Å². The van der Waals surface area contributed by atoms with Crippen LogP contribution in [0.5, 0.6) is 0 Å². The molecular formula is C26H36FN3O3. The summed E-state index contributed by atoms with van der Waals surface area (Å²) in [5.41, 5.74) is 0.616. The summed E-state index contributed by atoms with van der Waals surface area (Å²) in [5, 5.41) is 13.4. The van der Waals surface area contributed by atoms with E-state index in [1.165, 1.54) is 17.4 Å². The maximum atomic E-state index is 15.2. The normalized spacial score (nSPS) is 18.1. The van der Waals surface area contributed by atoms with Crippen LogP contribution in [0.1, 0.15) is 90.2 Å². The van der Waals surface area contributed by atoms with Gasteiger partial charge in [0.05, 0.1) is 17.7 Å². The van der Waals surface area contributed by atoms with E-state index in [0.29, 0.717) is 16.6 Å². The first-order chi connectivity index (χ1) is 15.6. The van der Waals surface area contributed by atoms with Gasteiger partial charge in [-0.2, -0.15) is 0 Å². The molecule has 2 aliphatic rings. The van der Waals surface area contributed by atoms with Crippen LogP contribution in [0, 0.1) is 5.82 Å². The van der Waals surface area contributed by atoms with Crippen molar-refractivity contribution in [2.24, 2.45) is 0 Å². The number of fused-ring (bicyclic) bond motifs is 1. The first kappa shape index (κ1) is 23.6. The minimum absolute atomic E-state index is 0.0238. The molecule has 7 heteroatoms. The van der Waals surface area contributed by atoms with Crippen LogP contribution in [0.25, 0.3) is 10.9 Å². The molecule has 0 unspecified atom stereocenters. The van der Waals surface area contributed by atoms with E-state index >= 15 is 4.39 Å². The Balaban J connectivity index is 1.81. The standard InChI is InChI=1S/C26H36FN3O3/c1-26(2,3)30(25(32)33)16-17-15-29(19-11-7-8-12-19)23-14-22(21(27)13-20(23)24(17)31)28-18-9-5-4-6-10-18/h13-15,18-19,28H,4-12,16H2,1-3H3,(H,32,33). The summed E-state index contributed by atoms with van der Waals surface area (Å²) in [7, 11) is 0. The van der Waals surface area contributed by atoms with E-state index in [1.807, 2.05) is 6.20 Å². The fourth-order valence-electron chi connectivity index (χ4n) is 5.36. The fourth-order valence-corrected chi connectivity index (χ4v) is 5.36. The predicted octanol–water partition coefficient (Wildman–Crippen LogP) is 6.28. The second-order valence-electron chi connectivity index (χ2n) is 10.7. The lowest BCUT2D eigenvalue weighted by molar-refractivity contribution is 0.0952. The van der Waals surface area contributed by atoms with Gasteiger partial charge < -0.3 is 15.0 Å². The Morgan fingerprint density at radius 3 is 2.36 bits per heavy atom. The van der Waals surface area contributed by atoms with Crippen LogP contribution in [0.15, 0.2) is 23.1 Å². The smallest absolute Gasteiger partial charge is 0.408 e. The average Bonchev–Trinajstić information content (AvgIpc) is 3.29. The van der Waals surface area contributed by atoms with Crippen LogP contribution < -0.4 is 10.7 Å². The van der Waals surface area contributed by atoms with Crippen LogP contribution in [0.4, 0.5) is 14.9 Å². The van der Waals surface area contributed by atoms with E-state index in [9.17, 15) is 14.7 Å². The summed E-state index contributed by atoms with van der Waals surface area (Å²) in [6, 6.07) is 3.63. The maximum Gasteiger partial charge on any atom is 0.408 e. The van der Waals surface area contributed by atoms with Crippen molar-refractivity contribution >= 4 is 22.7 Å². The molecule has 1 aromatic heterocycles. The number of amides is 1. The van der Waals surface area contributed by atoms with Gasteiger partial charge in [-0.3, -0.25) is 9.69 Å². The van der Waals surface area contributed by atoms with E-state index in [4.69, 9.17) is 0 Å². The lowest BCUT2D eigenvalue weighted by Crippen LogP contribution is -2.45. The number of nitrogens with zero attached hydrogens (tertiary/aromatic N) is 2. The number of halogens is 1. The van der Waals surface area contributed by atoms with E-state index in [0.717, 1.165) is 56.9 Å². The molecule has 0 aliphatic heterocycles. The summed E-state index contributed by atoms with van der Waals surface area (Å²) < 4.78 is 17.3. The van der Waals surface area contributed by atoms with Gasteiger partial charge in [-0.15, -0.1) is 0 Å². The molecule has 1 aromatic carbocycles. The molecule has 2 N–H and O–H groups in total. The number of carboxylic acid groups (broad SMARTS) is 1. The third-order valence-corrected chi connectivity index (χ3v) is 7.25. The molecule has 1 heterocycles. The minimum Gasteiger partial charge on any atom is -0.465 e. The Kier molecular flexibility index (Phi) is 6.68. The molecule has 2 aromatic rings. The molecule has 0 saturated heterocycles. The van der Waals surface area contributed by atoms with Gasteiger partial charge in [-0.1, -0.05) is 32.1 Å². The number of carbonyl (C=O) groups is 1. The predicted molar refractivity (Wildman–Crippen MR) is 129 cm³/mol. The number of rotatable bonds is 5. The minimum atomic E-state index is -1.08. The third-order valence-electron chi connectivity index (χ3n) is 7.25. The second kappa shape index (κ2) is 9.35. The highest BCUT2D eigenvalue weighted by molar-refractivity contribution is 5.84. The van der Waals surface area contributed by atoms with Gasteiger partial charge in [-0.25, -0.2) is 9.18 Å². The molecular weight excluding hydrogens is 421 g/mol. The van der Waals surface area contributed by atoms with Crippen molar-refractivity contribution in [3.63, 3.8) is 0 Å². The number of hydrogen-bond donors (Lipinski definition) is 2. The molecule has 2 aliphatic carbocycles. The van der Waals surface area contributed by atoms with Gasteiger partial charge >= 0.3 is 6.09 Å². The Morgan fingerprint density at radius 2 is 1.76 bits per heavy atom. The molecule has 2 saturated carbocycles. The van der Waals surface area contributed by atoms with Crippen LogP contribution in [0.2, 0.25) is 0 Å². The average molecular weight is 458 g/mol. The maximum absolute atomic E-state index is 15.2.